The predicted octanol–water partition coefficient (Wildman–Crippen LogP) is 14.2. The lowest BCUT2D eigenvalue weighted by Gasteiger charge is -2.29. The van der Waals surface area contributed by atoms with Crippen molar-refractivity contribution in [2.45, 2.75) is 0 Å². The Morgan fingerprint density at radius 1 is 0.308 bits per heavy atom. The Morgan fingerprint density at radius 3 is 1.52 bits per heavy atom. The average Bonchev–Trinajstić information content (AvgIpc) is 3.35. The fourth-order valence-electron chi connectivity index (χ4n) is 7.76. The summed E-state index contributed by atoms with van der Waals surface area (Å²) in [7, 11) is 0. The van der Waals surface area contributed by atoms with Gasteiger partial charge in [-0.25, -0.2) is 0 Å². The molecule has 244 valence electrons. The van der Waals surface area contributed by atoms with E-state index in [-0.39, 0.29) is 0 Å². The van der Waals surface area contributed by atoms with Gasteiger partial charge >= 0.3 is 0 Å². The van der Waals surface area contributed by atoms with E-state index in [1.165, 1.54) is 32.7 Å². The first-order valence-corrected chi connectivity index (χ1v) is 17.8. The van der Waals surface area contributed by atoms with Crippen molar-refractivity contribution in [2.24, 2.45) is 0 Å². The molecule has 0 radical (unpaired) electrons. The number of fused-ring (bicyclic) bond motifs is 7. The molecule has 0 fully saturated rings. The van der Waals surface area contributed by atoms with Gasteiger partial charge in [-0.3, -0.25) is 0 Å². The predicted molar refractivity (Wildman–Crippen MR) is 218 cm³/mol. The Morgan fingerprint density at radius 2 is 0.827 bits per heavy atom. The minimum Gasteiger partial charge on any atom is -0.456 e. The van der Waals surface area contributed by atoms with Crippen LogP contribution in [0.4, 0.5) is 17.1 Å². The van der Waals surface area contributed by atoms with Crippen LogP contribution < -0.4 is 9.64 Å². The van der Waals surface area contributed by atoms with Crippen molar-refractivity contribution in [2.75, 3.05) is 4.90 Å². The number of anilines is 3. The summed E-state index contributed by atoms with van der Waals surface area (Å²) >= 11 is 0. The molecule has 52 heavy (non-hydrogen) atoms. The Hall–Kier alpha value is -6.90. The molecule has 0 atom stereocenters. The lowest BCUT2D eigenvalue weighted by atomic mass is 9.87. The van der Waals surface area contributed by atoms with Crippen molar-refractivity contribution in [1.29, 1.82) is 0 Å². The molecular formula is C50H33NO. The summed E-state index contributed by atoms with van der Waals surface area (Å²) in [6.07, 6.45) is 0. The molecule has 9 aromatic rings. The van der Waals surface area contributed by atoms with Crippen molar-refractivity contribution in [3.05, 3.63) is 200 Å². The van der Waals surface area contributed by atoms with Gasteiger partial charge in [0.15, 0.2) is 0 Å². The number of ether oxygens (including phenoxy) is 1. The quantitative estimate of drug-likeness (QED) is 0.182. The van der Waals surface area contributed by atoms with Crippen LogP contribution in [0.15, 0.2) is 200 Å². The smallest absolute Gasteiger partial charge is 0.137 e. The first-order valence-electron chi connectivity index (χ1n) is 17.8. The van der Waals surface area contributed by atoms with E-state index >= 15 is 0 Å². The molecule has 0 aromatic heterocycles. The van der Waals surface area contributed by atoms with Gasteiger partial charge in [-0.05, 0) is 110 Å². The first-order chi connectivity index (χ1) is 25.8. The zero-order valence-corrected chi connectivity index (χ0v) is 28.4. The summed E-state index contributed by atoms with van der Waals surface area (Å²) in [6.45, 7) is 0. The molecule has 0 spiro atoms. The Bertz CT molecular complexity index is 2750. The Balaban J connectivity index is 1.25. The van der Waals surface area contributed by atoms with Crippen LogP contribution in [0.1, 0.15) is 0 Å². The maximum absolute atomic E-state index is 7.06. The molecule has 0 bridgehead atoms. The van der Waals surface area contributed by atoms with Gasteiger partial charge in [0.25, 0.3) is 0 Å². The van der Waals surface area contributed by atoms with Crippen molar-refractivity contribution in [1.82, 2.24) is 0 Å². The second kappa shape index (κ2) is 12.5. The molecule has 1 aliphatic rings. The highest BCUT2D eigenvalue weighted by atomic mass is 16.5. The van der Waals surface area contributed by atoms with Crippen LogP contribution in [0.2, 0.25) is 0 Å². The maximum atomic E-state index is 7.06. The molecule has 9 aromatic carbocycles. The summed E-state index contributed by atoms with van der Waals surface area (Å²) < 4.78 is 7.06. The van der Waals surface area contributed by atoms with E-state index in [0.29, 0.717) is 0 Å². The number of rotatable bonds is 5. The minimum absolute atomic E-state index is 0.824. The van der Waals surface area contributed by atoms with E-state index in [1.807, 2.05) is 0 Å². The van der Waals surface area contributed by atoms with Crippen molar-refractivity contribution < 1.29 is 4.74 Å². The van der Waals surface area contributed by atoms with Crippen molar-refractivity contribution >= 4 is 38.6 Å². The van der Waals surface area contributed by atoms with Gasteiger partial charge in [0, 0.05) is 22.5 Å². The molecule has 0 saturated carbocycles. The molecule has 1 heterocycles. The summed E-state index contributed by atoms with van der Waals surface area (Å²) in [6, 6.07) is 71.6. The van der Waals surface area contributed by atoms with E-state index in [1.54, 1.807) is 0 Å². The van der Waals surface area contributed by atoms with Gasteiger partial charge < -0.3 is 9.64 Å². The van der Waals surface area contributed by atoms with Crippen LogP contribution in [-0.4, -0.2) is 0 Å². The molecule has 0 unspecified atom stereocenters. The van der Waals surface area contributed by atoms with Crippen molar-refractivity contribution in [3.63, 3.8) is 0 Å². The van der Waals surface area contributed by atoms with Crippen LogP contribution in [-0.2, 0) is 0 Å². The Kier molecular flexibility index (Phi) is 7.18. The summed E-state index contributed by atoms with van der Waals surface area (Å²) in [5.74, 6) is 1.67. The lowest BCUT2D eigenvalue weighted by molar-refractivity contribution is 0.488. The zero-order valence-electron chi connectivity index (χ0n) is 28.4. The third kappa shape index (κ3) is 5.12. The van der Waals surface area contributed by atoms with Crippen molar-refractivity contribution in [3.8, 4) is 56.0 Å². The normalized spacial score (nSPS) is 11.6. The van der Waals surface area contributed by atoms with Gasteiger partial charge in [0.05, 0.1) is 5.69 Å². The van der Waals surface area contributed by atoms with Crippen LogP contribution in [0.5, 0.6) is 11.5 Å². The van der Waals surface area contributed by atoms with E-state index in [9.17, 15) is 0 Å². The van der Waals surface area contributed by atoms with E-state index in [4.69, 9.17) is 4.74 Å². The molecule has 0 aliphatic carbocycles. The maximum Gasteiger partial charge on any atom is 0.137 e. The van der Waals surface area contributed by atoms with Crippen LogP contribution in [0.25, 0.3) is 66.1 Å². The highest BCUT2D eigenvalue weighted by molar-refractivity contribution is 6.07. The average molecular weight is 664 g/mol. The van der Waals surface area contributed by atoms with Gasteiger partial charge in [-0.15, -0.1) is 0 Å². The van der Waals surface area contributed by atoms with E-state index in [0.717, 1.165) is 61.9 Å². The number of nitrogens with zero attached hydrogens (tertiary/aromatic N) is 1. The van der Waals surface area contributed by atoms with Crippen LogP contribution in [0, 0.1) is 0 Å². The largest absolute Gasteiger partial charge is 0.456 e. The molecule has 10 rings (SSSR count). The second-order valence-electron chi connectivity index (χ2n) is 13.3. The number of hydrogen-bond donors (Lipinski definition) is 0. The third-order valence-corrected chi connectivity index (χ3v) is 10.2. The summed E-state index contributed by atoms with van der Waals surface area (Å²) in [4.78, 5) is 2.39. The first kappa shape index (κ1) is 30.0. The zero-order chi connectivity index (χ0) is 34.4. The third-order valence-electron chi connectivity index (χ3n) is 10.2. The highest BCUT2D eigenvalue weighted by Crippen LogP contribution is 2.55. The van der Waals surface area contributed by atoms with Crippen LogP contribution >= 0.6 is 0 Å². The molecule has 1 aliphatic heterocycles. The molecular weight excluding hydrogens is 631 g/mol. The fourth-order valence-corrected chi connectivity index (χ4v) is 7.76. The van der Waals surface area contributed by atoms with E-state index in [2.05, 4.69) is 205 Å². The molecule has 0 saturated heterocycles. The standard InChI is InChI=1S/C50H33NO/c1-3-13-34(14-4-1)36-25-28-41(29-26-36)51(42-30-27-35-15-7-8-18-38(35)31-42)46-22-12-24-48-50(46)45-33-40-20-10-9-19-39(40)32-44(45)49-43(21-11-23-47(49)52-48)37-16-5-2-6-17-37/h1-33H. The SMILES string of the molecule is c1ccc(-c2ccc(N(c3ccc4ccccc4c3)c3cccc4c3-c3cc5ccccc5cc3-c3c(cccc3-c3ccccc3)O4)cc2)cc1. The molecule has 2 nitrogen and oxygen atoms in total. The highest BCUT2D eigenvalue weighted by Gasteiger charge is 2.29. The van der Waals surface area contributed by atoms with Crippen LogP contribution in [0.3, 0.4) is 0 Å². The van der Waals surface area contributed by atoms with Gasteiger partial charge in [0.2, 0.25) is 0 Å². The fraction of sp³-hybridized carbons (Fsp3) is 0. The summed E-state index contributed by atoms with van der Waals surface area (Å²) in [5, 5.41) is 4.78. The Labute approximate surface area is 303 Å². The minimum atomic E-state index is 0.824. The molecule has 0 amide bonds. The lowest BCUT2D eigenvalue weighted by Crippen LogP contribution is -2.11. The summed E-state index contributed by atoms with van der Waals surface area (Å²) in [5.41, 5.74) is 12.3. The van der Waals surface area contributed by atoms with Gasteiger partial charge in [0.1, 0.15) is 11.5 Å². The van der Waals surface area contributed by atoms with Gasteiger partial charge in [-0.2, -0.15) is 0 Å². The number of hydrogen-bond acceptors (Lipinski definition) is 2. The topological polar surface area (TPSA) is 12.5 Å². The molecule has 0 N–H and O–H groups in total. The monoisotopic (exact) mass is 663 g/mol. The van der Waals surface area contributed by atoms with E-state index < -0.39 is 0 Å². The van der Waals surface area contributed by atoms with Gasteiger partial charge in [-0.1, -0.05) is 146 Å². The number of benzene rings is 9. The molecule has 2 heteroatoms. The second-order valence-corrected chi connectivity index (χ2v) is 13.3.